The van der Waals surface area contributed by atoms with Crippen molar-refractivity contribution in [3.8, 4) is 5.75 Å². The molecule has 0 spiro atoms. The van der Waals surface area contributed by atoms with Crippen LogP contribution < -0.4 is 15.4 Å². The number of amides is 1. The number of anilines is 3. The summed E-state index contributed by atoms with van der Waals surface area (Å²) in [6.07, 6.45) is 6.27. The number of aromatic nitrogens is 2. The first-order valence-corrected chi connectivity index (χ1v) is 8.08. The minimum Gasteiger partial charge on any atom is -0.492 e. The number of carbonyl (C=O) groups is 1. The molecule has 7 nitrogen and oxygen atoms in total. The van der Waals surface area contributed by atoms with Crippen molar-refractivity contribution >= 4 is 23.7 Å². The van der Waals surface area contributed by atoms with E-state index in [1.165, 1.54) is 25.9 Å². The summed E-state index contributed by atoms with van der Waals surface area (Å²) in [5.41, 5.74) is 1.43. The third kappa shape index (κ3) is 4.66. The second kappa shape index (κ2) is 8.26. The number of likely N-dealkylation sites (tertiary alicyclic amines) is 1. The number of hydrogen-bond acceptors (Lipinski definition) is 6. The van der Waals surface area contributed by atoms with Gasteiger partial charge in [-0.3, -0.25) is 9.69 Å². The highest BCUT2D eigenvalue weighted by Gasteiger charge is 2.10. The van der Waals surface area contributed by atoms with Crippen LogP contribution in [0.2, 0.25) is 0 Å². The molecule has 24 heavy (non-hydrogen) atoms. The SMILES string of the molecule is O=CNc1cnc(Nc2ccc(OCCN3CCCC3)cc2)nc1. The molecule has 0 bridgehead atoms. The zero-order chi connectivity index (χ0) is 16.6. The molecule has 0 saturated carbocycles. The first-order chi connectivity index (χ1) is 11.8. The highest BCUT2D eigenvalue weighted by atomic mass is 16.5. The van der Waals surface area contributed by atoms with E-state index in [-0.39, 0.29) is 0 Å². The van der Waals surface area contributed by atoms with Gasteiger partial charge in [0.25, 0.3) is 0 Å². The van der Waals surface area contributed by atoms with Gasteiger partial charge in [0.05, 0.1) is 18.1 Å². The lowest BCUT2D eigenvalue weighted by Crippen LogP contribution is -2.25. The molecule has 1 aromatic carbocycles. The first kappa shape index (κ1) is 16.2. The van der Waals surface area contributed by atoms with Crippen LogP contribution in [0.25, 0.3) is 0 Å². The van der Waals surface area contributed by atoms with Crippen molar-refractivity contribution in [2.24, 2.45) is 0 Å². The van der Waals surface area contributed by atoms with Crippen molar-refractivity contribution in [1.29, 1.82) is 0 Å². The molecular weight excluding hydrogens is 306 g/mol. The summed E-state index contributed by atoms with van der Waals surface area (Å²) in [7, 11) is 0. The fourth-order valence-electron chi connectivity index (χ4n) is 2.60. The molecule has 1 aliphatic heterocycles. The average Bonchev–Trinajstić information content (AvgIpc) is 3.12. The van der Waals surface area contributed by atoms with E-state index in [1.807, 2.05) is 24.3 Å². The summed E-state index contributed by atoms with van der Waals surface area (Å²) >= 11 is 0. The Bertz CT molecular complexity index is 639. The van der Waals surface area contributed by atoms with Gasteiger partial charge in [0, 0.05) is 12.2 Å². The van der Waals surface area contributed by atoms with Crippen LogP contribution in [0.3, 0.4) is 0 Å². The molecule has 2 N–H and O–H groups in total. The molecular formula is C17H21N5O2. The molecule has 1 aliphatic rings. The molecule has 1 saturated heterocycles. The van der Waals surface area contributed by atoms with Gasteiger partial charge in [-0.2, -0.15) is 0 Å². The van der Waals surface area contributed by atoms with Crippen molar-refractivity contribution in [3.05, 3.63) is 36.7 Å². The van der Waals surface area contributed by atoms with Crippen LogP contribution in [-0.4, -0.2) is 47.5 Å². The number of ether oxygens (including phenoxy) is 1. The lowest BCUT2D eigenvalue weighted by atomic mass is 10.3. The van der Waals surface area contributed by atoms with Crippen LogP contribution in [0.5, 0.6) is 5.75 Å². The van der Waals surface area contributed by atoms with Crippen LogP contribution in [0.15, 0.2) is 36.7 Å². The third-order valence-corrected chi connectivity index (χ3v) is 3.86. The molecule has 3 rings (SSSR count). The van der Waals surface area contributed by atoms with Crippen LogP contribution in [0.4, 0.5) is 17.3 Å². The normalized spacial score (nSPS) is 14.3. The minimum atomic E-state index is 0.467. The van der Waals surface area contributed by atoms with Gasteiger partial charge in [0.2, 0.25) is 12.4 Å². The van der Waals surface area contributed by atoms with E-state index < -0.39 is 0 Å². The maximum Gasteiger partial charge on any atom is 0.227 e. The van der Waals surface area contributed by atoms with Gasteiger partial charge in [0.1, 0.15) is 12.4 Å². The summed E-state index contributed by atoms with van der Waals surface area (Å²) < 4.78 is 5.77. The van der Waals surface area contributed by atoms with E-state index in [1.54, 1.807) is 12.4 Å². The van der Waals surface area contributed by atoms with E-state index in [4.69, 9.17) is 4.74 Å². The Kier molecular flexibility index (Phi) is 5.57. The molecule has 2 heterocycles. The second-order valence-electron chi connectivity index (χ2n) is 5.60. The predicted octanol–water partition coefficient (Wildman–Crippen LogP) is 2.26. The number of carbonyl (C=O) groups excluding carboxylic acids is 1. The third-order valence-electron chi connectivity index (χ3n) is 3.86. The molecule has 0 radical (unpaired) electrons. The Labute approximate surface area is 141 Å². The predicted molar refractivity (Wildman–Crippen MR) is 92.6 cm³/mol. The molecule has 2 aromatic rings. The zero-order valence-electron chi connectivity index (χ0n) is 13.4. The molecule has 0 unspecified atom stereocenters. The van der Waals surface area contributed by atoms with Gasteiger partial charge in [-0.15, -0.1) is 0 Å². The quantitative estimate of drug-likeness (QED) is 0.724. The van der Waals surface area contributed by atoms with Crippen LogP contribution >= 0.6 is 0 Å². The van der Waals surface area contributed by atoms with Crippen molar-refractivity contribution in [3.63, 3.8) is 0 Å². The van der Waals surface area contributed by atoms with Gasteiger partial charge >= 0.3 is 0 Å². The monoisotopic (exact) mass is 327 g/mol. The highest BCUT2D eigenvalue weighted by Crippen LogP contribution is 2.18. The lowest BCUT2D eigenvalue weighted by Gasteiger charge is -2.15. The van der Waals surface area contributed by atoms with Crippen molar-refractivity contribution in [2.45, 2.75) is 12.8 Å². The van der Waals surface area contributed by atoms with Gasteiger partial charge in [-0.1, -0.05) is 0 Å². The summed E-state index contributed by atoms with van der Waals surface area (Å²) in [4.78, 5) is 21.0. The molecule has 126 valence electrons. The molecule has 1 aromatic heterocycles. The number of hydrogen-bond donors (Lipinski definition) is 2. The Morgan fingerprint density at radius 2 is 1.79 bits per heavy atom. The second-order valence-corrected chi connectivity index (χ2v) is 5.60. The fourth-order valence-corrected chi connectivity index (χ4v) is 2.60. The van der Waals surface area contributed by atoms with Crippen molar-refractivity contribution in [2.75, 3.05) is 36.9 Å². The zero-order valence-corrected chi connectivity index (χ0v) is 13.4. The van der Waals surface area contributed by atoms with Crippen molar-refractivity contribution in [1.82, 2.24) is 14.9 Å². The van der Waals surface area contributed by atoms with Crippen LogP contribution in [-0.2, 0) is 4.79 Å². The largest absolute Gasteiger partial charge is 0.492 e. The summed E-state index contributed by atoms with van der Waals surface area (Å²) in [5.74, 6) is 1.32. The number of nitrogens with zero attached hydrogens (tertiary/aromatic N) is 3. The standard InChI is InChI=1S/C17H21N5O2/c23-13-20-15-11-18-17(19-12-15)21-14-3-5-16(6-4-14)24-10-9-22-7-1-2-8-22/h3-6,11-13H,1-2,7-10H2,(H,20,23)(H,18,19,21). The van der Waals surface area contributed by atoms with Gasteiger partial charge < -0.3 is 15.4 Å². The van der Waals surface area contributed by atoms with Gasteiger partial charge in [-0.05, 0) is 50.2 Å². The van der Waals surface area contributed by atoms with E-state index in [2.05, 4.69) is 25.5 Å². The summed E-state index contributed by atoms with van der Waals surface area (Å²) in [6.45, 7) is 4.07. The number of benzene rings is 1. The maximum atomic E-state index is 10.3. The average molecular weight is 327 g/mol. The minimum absolute atomic E-state index is 0.467. The maximum absolute atomic E-state index is 10.3. The number of rotatable bonds is 8. The molecule has 1 amide bonds. The molecule has 1 fully saturated rings. The summed E-state index contributed by atoms with van der Waals surface area (Å²) in [6, 6.07) is 7.70. The smallest absolute Gasteiger partial charge is 0.227 e. The Hall–Kier alpha value is -2.67. The Morgan fingerprint density at radius 1 is 1.08 bits per heavy atom. The van der Waals surface area contributed by atoms with E-state index >= 15 is 0 Å². The first-order valence-electron chi connectivity index (χ1n) is 8.08. The van der Waals surface area contributed by atoms with Gasteiger partial charge in [0.15, 0.2) is 0 Å². The van der Waals surface area contributed by atoms with Crippen molar-refractivity contribution < 1.29 is 9.53 Å². The van der Waals surface area contributed by atoms with Gasteiger partial charge in [-0.25, -0.2) is 9.97 Å². The lowest BCUT2D eigenvalue weighted by molar-refractivity contribution is -0.105. The molecule has 0 atom stereocenters. The Balaban J connectivity index is 1.47. The topological polar surface area (TPSA) is 79.4 Å². The van der Waals surface area contributed by atoms with E-state index in [0.29, 0.717) is 24.7 Å². The fraction of sp³-hybridized carbons (Fsp3) is 0.353. The molecule has 0 aliphatic carbocycles. The molecule has 7 heteroatoms. The Morgan fingerprint density at radius 3 is 2.46 bits per heavy atom. The summed E-state index contributed by atoms with van der Waals surface area (Å²) in [5, 5.41) is 5.59. The van der Waals surface area contributed by atoms with E-state index in [0.717, 1.165) is 18.0 Å². The van der Waals surface area contributed by atoms with Crippen LogP contribution in [0, 0.1) is 0 Å². The van der Waals surface area contributed by atoms with Crippen LogP contribution in [0.1, 0.15) is 12.8 Å². The number of nitrogens with one attached hydrogen (secondary N) is 2. The highest BCUT2D eigenvalue weighted by molar-refractivity contribution is 5.70. The van der Waals surface area contributed by atoms with E-state index in [9.17, 15) is 4.79 Å².